The van der Waals surface area contributed by atoms with Crippen molar-refractivity contribution < 1.29 is 4.39 Å². The number of aryl methyl sites for hydroxylation is 1. The number of benzene rings is 1. The normalized spacial score (nSPS) is 26.6. The predicted octanol–water partition coefficient (Wildman–Crippen LogP) is 1.76. The smallest absolute Gasteiger partial charge is 0.123 e. The van der Waals surface area contributed by atoms with E-state index in [-0.39, 0.29) is 5.82 Å². The molecule has 0 aromatic heterocycles. The zero-order chi connectivity index (χ0) is 10.8. The molecule has 1 heterocycles. The molecule has 0 radical (unpaired) electrons. The van der Waals surface area contributed by atoms with E-state index in [2.05, 4.69) is 17.6 Å². The quantitative estimate of drug-likeness (QED) is 0.735. The van der Waals surface area contributed by atoms with Crippen LogP contribution in [0.2, 0.25) is 0 Å². The van der Waals surface area contributed by atoms with Crippen LogP contribution in [0.15, 0.2) is 18.2 Å². The van der Waals surface area contributed by atoms with Crippen LogP contribution in [-0.4, -0.2) is 19.1 Å². The Morgan fingerprint density at radius 1 is 1.33 bits per heavy atom. The lowest BCUT2D eigenvalue weighted by Gasteiger charge is -2.30. The lowest BCUT2D eigenvalue weighted by atomic mass is 9.99. The molecule has 15 heavy (non-hydrogen) atoms. The number of halogens is 1. The number of hydrogen-bond acceptors (Lipinski definition) is 2. The third-order valence-corrected chi connectivity index (χ3v) is 2.89. The van der Waals surface area contributed by atoms with E-state index in [0.717, 1.165) is 18.7 Å². The number of rotatable bonds is 1. The molecular formula is C12H17FN2. The lowest BCUT2D eigenvalue weighted by molar-refractivity contribution is 0.359. The molecule has 3 heteroatoms. The first kappa shape index (κ1) is 10.6. The summed E-state index contributed by atoms with van der Waals surface area (Å²) in [4.78, 5) is 0. The summed E-state index contributed by atoms with van der Waals surface area (Å²) in [6, 6.07) is 5.77. The van der Waals surface area contributed by atoms with Crippen molar-refractivity contribution in [2.45, 2.75) is 25.9 Å². The predicted molar refractivity (Wildman–Crippen MR) is 59.3 cm³/mol. The first-order chi connectivity index (χ1) is 7.16. The molecule has 1 saturated heterocycles. The summed E-state index contributed by atoms with van der Waals surface area (Å²) >= 11 is 0. The van der Waals surface area contributed by atoms with Gasteiger partial charge in [-0.05, 0) is 37.1 Å². The van der Waals surface area contributed by atoms with Crippen molar-refractivity contribution in [1.82, 2.24) is 10.6 Å². The molecular weight excluding hydrogens is 191 g/mol. The highest BCUT2D eigenvalue weighted by Crippen LogP contribution is 2.20. The van der Waals surface area contributed by atoms with Gasteiger partial charge in [-0.2, -0.15) is 0 Å². The van der Waals surface area contributed by atoms with E-state index < -0.39 is 0 Å². The molecule has 2 N–H and O–H groups in total. The van der Waals surface area contributed by atoms with Gasteiger partial charge in [0.2, 0.25) is 0 Å². The Hall–Kier alpha value is -0.930. The first-order valence-electron chi connectivity index (χ1n) is 5.39. The van der Waals surface area contributed by atoms with Gasteiger partial charge in [0.1, 0.15) is 5.82 Å². The summed E-state index contributed by atoms with van der Waals surface area (Å²) in [6.45, 7) is 6.02. The topological polar surface area (TPSA) is 24.1 Å². The van der Waals surface area contributed by atoms with E-state index in [1.807, 2.05) is 13.0 Å². The van der Waals surface area contributed by atoms with Crippen molar-refractivity contribution >= 4 is 0 Å². The van der Waals surface area contributed by atoms with Crippen LogP contribution in [0.4, 0.5) is 4.39 Å². The molecule has 0 bridgehead atoms. The second-order valence-corrected chi connectivity index (χ2v) is 4.28. The summed E-state index contributed by atoms with van der Waals surface area (Å²) in [5.74, 6) is -0.159. The highest BCUT2D eigenvalue weighted by Gasteiger charge is 2.20. The van der Waals surface area contributed by atoms with E-state index in [9.17, 15) is 4.39 Å². The maximum absolute atomic E-state index is 13.0. The standard InChI is InChI=1S/C12H17FN2/c1-8-5-10(13)3-4-11(8)12-7-14-6-9(2)15-12/h3-5,9,12,14-15H,6-7H2,1-2H3. The molecule has 1 aliphatic rings. The fraction of sp³-hybridized carbons (Fsp3) is 0.500. The number of hydrogen-bond donors (Lipinski definition) is 2. The largest absolute Gasteiger partial charge is 0.313 e. The SMILES string of the molecule is Cc1cc(F)ccc1C1CNCC(C)N1. The average molecular weight is 208 g/mol. The van der Waals surface area contributed by atoms with Crippen LogP contribution < -0.4 is 10.6 Å². The molecule has 82 valence electrons. The van der Waals surface area contributed by atoms with Gasteiger partial charge in [0.05, 0.1) is 0 Å². The Kier molecular flexibility index (Phi) is 3.03. The van der Waals surface area contributed by atoms with Crippen LogP contribution in [0.1, 0.15) is 24.1 Å². The molecule has 2 atom stereocenters. The Bertz CT molecular complexity index is 351. The Balaban J connectivity index is 2.21. The number of piperazine rings is 1. The fourth-order valence-electron chi connectivity index (χ4n) is 2.14. The lowest BCUT2D eigenvalue weighted by Crippen LogP contribution is -2.48. The fourth-order valence-corrected chi connectivity index (χ4v) is 2.14. The third-order valence-electron chi connectivity index (χ3n) is 2.89. The van der Waals surface area contributed by atoms with E-state index in [1.54, 1.807) is 6.07 Å². The van der Waals surface area contributed by atoms with Crippen LogP contribution >= 0.6 is 0 Å². The maximum atomic E-state index is 13.0. The zero-order valence-electron chi connectivity index (χ0n) is 9.18. The highest BCUT2D eigenvalue weighted by atomic mass is 19.1. The minimum Gasteiger partial charge on any atom is -0.313 e. The third kappa shape index (κ3) is 2.36. The van der Waals surface area contributed by atoms with Gasteiger partial charge in [0.25, 0.3) is 0 Å². The van der Waals surface area contributed by atoms with Gasteiger partial charge < -0.3 is 10.6 Å². The van der Waals surface area contributed by atoms with Gasteiger partial charge in [0, 0.05) is 25.2 Å². The molecule has 1 aromatic carbocycles. The van der Waals surface area contributed by atoms with E-state index in [4.69, 9.17) is 0 Å². The monoisotopic (exact) mass is 208 g/mol. The van der Waals surface area contributed by atoms with Crippen LogP contribution in [0, 0.1) is 12.7 Å². The second-order valence-electron chi connectivity index (χ2n) is 4.28. The molecule has 1 aromatic rings. The molecule has 1 fully saturated rings. The highest BCUT2D eigenvalue weighted by molar-refractivity contribution is 5.30. The van der Waals surface area contributed by atoms with Crippen LogP contribution in [0.25, 0.3) is 0 Å². The summed E-state index contributed by atoms with van der Waals surface area (Å²) in [5.41, 5.74) is 2.21. The molecule has 0 amide bonds. The molecule has 0 saturated carbocycles. The van der Waals surface area contributed by atoms with Crippen LogP contribution in [0.5, 0.6) is 0 Å². The zero-order valence-corrected chi connectivity index (χ0v) is 9.18. The minimum absolute atomic E-state index is 0.159. The molecule has 2 unspecified atom stereocenters. The number of nitrogens with one attached hydrogen (secondary N) is 2. The summed E-state index contributed by atoms with van der Waals surface area (Å²) < 4.78 is 13.0. The molecule has 0 spiro atoms. The maximum Gasteiger partial charge on any atom is 0.123 e. The van der Waals surface area contributed by atoms with Gasteiger partial charge >= 0.3 is 0 Å². The van der Waals surface area contributed by atoms with Gasteiger partial charge in [-0.25, -0.2) is 4.39 Å². The van der Waals surface area contributed by atoms with Crippen molar-refractivity contribution in [3.63, 3.8) is 0 Å². The van der Waals surface area contributed by atoms with Gasteiger partial charge in [-0.3, -0.25) is 0 Å². The second kappa shape index (κ2) is 4.29. The molecule has 2 rings (SSSR count). The van der Waals surface area contributed by atoms with Crippen molar-refractivity contribution in [2.75, 3.05) is 13.1 Å². The van der Waals surface area contributed by atoms with Crippen molar-refractivity contribution in [1.29, 1.82) is 0 Å². The first-order valence-corrected chi connectivity index (χ1v) is 5.39. The van der Waals surface area contributed by atoms with Crippen molar-refractivity contribution in [3.05, 3.63) is 35.1 Å². The van der Waals surface area contributed by atoms with Gasteiger partial charge in [0.15, 0.2) is 0 Å². The van der Waals surface area contributed by atoms with E-state index in [0.29, 0.717) is 12.1 Å². The molecule has 1 aliphatic heterocycles. The summed E-state index contributed by atoms with van der Waals surface area (Å²) in [6.07, 6.45) is 0. The van der Waals surface area contributed by atoms with Crippen LogP contribution in [0.3, 0.4) is 0 Å². The Morgan fingerprint density at radius 3 is 2.80 bits per heavy atom. The van der Waals surface area contributed by atoms with Crippen molar-refractivity contribution in [3.8, 4) is 0 Å². The minimum atomic E-state index is -0.159. The Labute approximate surface area is 89.9 Å². The van der Waals surface area contributed by atoms with Gasteiger partial charge in [-0.15, -0.1) is 0 Å². The van der Waals surface area contributed by atoms with Crippen LogP contribution in [-0.2, 0) is 0 Å². The Morgan fingerprint density at radius 2 is 2.13 bits per heavy atom. The van der Waals surface area contributed by atoms with E-state index >= 15 is 0 Å². The van der Waals surface area contributed by atoms with Crippen molar-refractivity contribution in [2.24, 2.45) is 0 Å². The summed E-state index contributed by atoms with van der Waals surface area (Å²) in [7, 11) is 0. The summed E-state index contributed by atoms with van der Waals surface area (Å²) in [5, 5.41) is 6.88. The average Bonchev–Trinajstić information content (AvgIpc) is 2.17. The molecule has 2 nitrogen and oxygen atoms in total. The van der Waals surface area contributed by atoms with E-state index in [1.165, 1.54) is 11.6 Å². The molecule has 0 aliphatic carbocycles. The van der Waals surface area contributed by atoms with Gasteiger partial charge in [-0.1, -0.05) is 6.07 Å².